The molecular formula is C18H21N3O4. The second-order valence-corrected chi connectivity index (χ2v) is 6.19. The summed E-state index contributed by atoms with van der Waals surface area (Å²) in [6.07, 6.45) is 3.19. The van der Waals surface area contributed by atoms with Crippen molar-refractivity contribution in [3.05, 3.63) is 35.4 Å². The third kappa shape index (κ3) is 3.41. The average molecular weight is 343 g/mol. The van der Waals surface area contributed by atoms with Gasteiger partial charge in [0.05, 0.1) is 0 Å². The van der Waals surface area contributed by atoms with E-state index in [1.807, 2.05) is 18.2 Å². The highest BCUT2D eigenvalue weighted by atomic mass is 16.5. The van der Waals surface area contributed by atoms with Crippen molar-refractivity contribution in [2.75, 3.05) is 11.9 Å². The van der Waals surface area contributed by atoms with Crippen LogP contribution >= 0.6 is 0 Å². The first-order chi connectivity index (χ1) is 12.2. The molecule has 0 spiro atoms. The summed E-state index contributed by atoms with van der Waals surface area (Å²) < 4.78 is 5.39. The largest absolute Gasteiger partial charge is 0.480 e. The Kier molecular flexibility index (Phi) is 5.14. The number of nitrogens with two attached hydrogens (primary N) is 1. The first kappa shape index (κ1) is 17.2. The molecule has 0 saturated carbocycles. The molecule has 0 amide bonds. The van der Waals surface area contributed by atoms with Crippen LogP contribution in [0.25, 0.3) is 11.3 Å². The van der Waals surface area contributed by atoms with Crippen LogP contribution in [0.5, 0.6) is 0 Å². The van der Waals surface area contributed by atoms with Gasteiger partial charge in [-0.3, -0.25) is 0 Å². The summed E-state index contributed by atoms with van der Waals surface area (Å²) in [6, 6.07) is 6.87. The molecule has 25 heavy (non-hydrogen) atoms. The Morgan fingerprint density at radius 3 is 2.92 bits per heavy atom. The van der Waals surface area contributed by atoms with Gasteiger partial charge >= 0.3 is 5.97 Å². The zero-order valence-corrected chi connectivity index (χ0v) is 13.8. The molecule has 0 radical (unpaired) electrons. The maximum atomic E-state index is 11.6. The van der Waals surface area contributed by atoms with Crippen LogP contribution in [0.2, 0.25) is 0 Å². The van der Waals surface area contributed by atoms with Crippen molar-refractivity contribution in [1.29, 1.82) is 0 Å². The van der Waals surface area contributed by atoms with Gasteiger partial charge in [0.25, 0.3) is 0 Å². The Hall–Kier alpha value is -2.67. The van der Waals surface area contributed by atoms with Crippen molar-refractivity contribution in [3.8, 4) is 11.3 Å². The highest BCUT2D eigenvalue weighted by Gasteiger charge is 2.31. The van der Waals surface area contributed by atoms with Gasteiger partial charge < -0.3 is 25.5 Å². The molecule has 0 saturated heterocycles. The lowest BCUT2D eigenvalue weighted by molar-refractivity contribution is -0.140. The van der Waals surface area contributed by atoms with E-state index >= 15 is 0 Å². The highest BCUT2D eigenvalue weighted by Crippen LogP contribution is 2.37. The van der Waals surface area contributed by atoms with Crippen LogP contribution in [0.15, 0.2) is 28.8 Å². The number of aldehydes is 1. The second kappa shape index (κ2) is 7.48. The first-order valence-electron chi connectivity index (χ1n) is 8.37. The minimum absolute atomic E-state index is 0.330. The third-order valence-corrected chi connectivity index (χ3v) is 4.60. The number of carbonyl (C=O) groups excluding carboxylic acids is 1. The molecule has 0 fully saturated rings. The van der Waals surface area contributed by atoms with Crippen LogP contribution in [0.4, 0.5) is 5.88 Å². The predicted octanol–water partition coefficient (Wildman–Crippen LogP) is 1.86. The number of nitrogens with zero attached hydrogens (tertiary/aromatic N) is 1. The molecule has 0 bridgehead atoms. The lowest BCUT2D eigenvalue weighted by Gasteiger charge is -2.21. The van der Waals surface area contributed by atoms with Crippen molar-refractivity contribution in [3.63, 3.8) is 0 Å². The number of fused-ring (bicyclic) bond motifs is 3. The third-order valence-electron chi connectivity index (χ3n) is 4.60. The van der Waals surface area contributed by atoms with Gasteiger partial charge in [0.15, 0.2) is 0 Å². The predicted molar refractivity (Wildman–Crippen MR) is 92.2 cm³/mol. The molecule has 1 unspecified atom stereocenters. The molecule has 4 N–H and O–H groups in total. The monoisotopic (exact) mass is 343 g/mol. The lowest BCUT2D eigenvalue weighted by Crippen LogP contribution is -2.38. The lowest BCUT2D eigenvalue weighted by atomic mass is 9.89. The molecule has 3 rings (SSSR count). The fraction of sp³-hybridized carbons (Fsp3) is 0.389. The number of aliphatic carboxylic acids is 1. The number of hydrogen-bond donors (Lipinski definition) is 3. The van der Waals surface area contributed by atoms with E-state index in [4.69, 9.17) is 10.3 Å². The van der Waals surface area contributed by atoms with Crippen molar-refractivity contribution < 1.29 is 19.2 Å². The van der Waals surface area contributed by atoms with E-state index in [0.717, 1.165) is 23.2 Å². The minimum atomic E-state index is -1.10. The molecule has 7 nitrogen and oxygen atoms in total. The fourth-order valence-corrected chi connectivity index (χ4v) is 3.26. The standard InChI is InChI=1S/C18H21N3O4/c19-9-3-5-12(10-22)15(18(23)24)20-17-14-8-7-11-4-1-2-6-13(11)16(14)21-25-17/h1-2,4,6,10,12,15,20H,3,5,7-9,19H2,(H,23,24)/t12?,15-/m0/s1. The molecule has 1 aliphatic carbocycles. The van der Waals surface area contributed by atoms with E-state index in [1.54, 1.807) is 0 Å². The van der Waals surface area contributed by atoms with E-state index in [2.05, 4.69) is 16.5 Å². The molecule has 1 aromatic heterocycles. The Bertz CT molecular complexity index is 771. The fourth-order valence-electron chi connectivity index (χ4n) is 3.26. The molecule has 0 aliphatic heterocycles. The van der Waals surface area contributed by atoms with Crippen LogP contribution < -0.4 is 11.1 Å². The minimum Gasteiger partial charge on any atom is -0.480 e. The Labute approximate surface area is 145 Å². The molecule has 1 heterocycles. The Balaban J connectivity index is 1.87. The normalized spacial score (nSPS) is 14.9. The maximum Gasteiger partial charge on any atom is 0.326 e. The van der Waals surface area contributed by atoms with Crippen LogP contribution in [0.3, 0.4) is 0 Å². The quantitative estimate of drug-likeness (QED) is 0.626. The number of aryl methyl sites for hydroxylation is 1. The summed E-state index contributed by atoms with van der Waals surface area (Å²) in [5, 5.41) is 16.5. The molecular weight excluding hydrogens is 322 g/mol. The summed E-state index contributed by atoms with van der Waals surface area (Å²) >= 11 is 0. The van der Waals surface area contributed by atoms with Gasteiger partial charge in [-0.1, -0.05) is 29.4 Å². The number of carboxylic acids is 1. The van der Waals surface area contributed by atoms with Gasteiger partial charge in [-0.05, 0) is 37.8 Å². The molecule has 132 valence electrons. The number of rotatable bonds is 8. The van der Waals surface area contributed by atoms with Crippen LogP contribution in [0.1, 0.15) is 24.0 Å². The number of hydrogen-bond acceptors (Lipinski definition) is 6. The van der Waals surface area contributed by atoms with Crippen molar-refractivity contribution in [2.45, 2.75) is 31.7 Å². The van der Waals surface area contributed by atoms with E-state index in [1.165, 1.54) is 5.56 Å². The summed E-state index contributed by atoms with van der Waals surface area (Å²) in [5.41, 5.74) is 9.25. The number of anilines is 1. The Morgan fingerprint density at radius 2 is 2.20 bits per heavy atom. The number of carboxylic acid groups (broad SMARTS) is 1. The average Bonchev–Trinajstić information content (AvgIpc) is 3.04. The smallest absolute Gasteiger partial charge is 0.326 e. The van der Waals surface area contributed by atoms with Gasteiger partial charge in [0.1, 0.15) is 18.0 Å². The summed E-state index contributed by atoms with van der Waals surface area (Å²) in [6.45, 7) is 0.408. The van der Waals surface area contributed by atoms with Crippen LogP contribution in [-0.2, 0) is 22.4 Å². The van der Waals surface area contributed by atoms with E-state index in [0.29, 0.717) is 38.0 Å². The summed E-state index contributed by atoms with van der Waals surface area (Å²) in [4.78, 5) is 23.0. The SMILES string of the molecule is NCCCC(C=O)[C@H](Nc1onc2c1CCc1ccccc1-2)C(=O)O. The molecule has 2 atom stereocenters. The van der Waals surface area contributed by atoms with Gasteiger partial charge in [-0.15, -0.1) is 0 Å². The van der Waals surface area contributed by atoms with E-state index < -0.39 is 17.9 Å². The second-order valence-electron chi connectivity index (χ2n) is 6.19. The van der Waals surface area contributed by atoms with Gasteiger partial charge in [0, 0.05) is 17.0 Å². The maximum absolute atomic E-state index is 11.6. The zero-order valence-electron chi connectivity index (χ0n) is 13.8. The summed E-state index contributed by atoms with van der Waals surface area (Å²) in [7, 11) is 0. The van der Waals surface area contributed by atoms with Crippen molar-refractivity contribution >= 4 is 18.1 Å². The van der Waals surface area contributed by atoms with Crippen LogP contribution in [0, 0.1) is 5.92 Å². The van der Waals surface area contributed by atoms with Gasteiger partial charge in [-0.25, -0.2) is 4.79 Å². The summed E-state index contributed by atoms with van der Waals surface area (Å²) in [5.74, 6) is -1.45. The van der Waals surface area contributed by atoms with Crippen LogP contribution in [-0.4, -0.2) is 35.1 Å². The van der Waals surface area contributed by atoms with Gasteiger partial charge in [0.2, 0.25) is 5.88 Å². The van der Waals surface area contributed by atoms with E-state index in [-0.39, 0.29) is 0 Å². The first-order valence-corrected chi connectivity index (χ1v) is 8.37. The molecule has 2 aromatic rings. The molecule has 1 aromatic carbocycles. The number of aromatic nitrogens is 1. The Morgan fingerprint density at radius 1 is 1.40 bits per heavy atom. The van der Waals surface area contributed by atoms with Gasteiger partial charge in [-0.2, -0.15) is 0 Å². The number of carbonyl (C=O) groups is 2. The number of nitrogens with one attached hydrogen (secondary N) is 1. The van der Waals surface area contributed by atoms with E-state index in [9.17, 15) is 14.7 Å². The molecule has 1 aliphatic rings. The highest BCUT2D eigenvalue weighted by molar-refractivity contribution is 5.82. The zero-order chi connectivity index (χ0) is 17.8. The topological polar surface area (TPSA) is 118 Å². The number of benzene rings is 1. The molecule has 7 heteroatoms. The van der Waals surface area contributed by atoms with Crippen molar-refractivity contribution in [2.24, 2.45) is 11.7 Å². The van der Waals surface area contributed by atoms with Crippen molar-refractivity contribution in [1.82, 2.24) is 5.16 Å².